The molecule has 1 amide bonds. The smallest absolute Gasteiger partial charge is 0.272 e. The number of fused-ring (bicyclic) bond motifs is 1. The van der Waals surface area contributed by atoms with Crippen LogP contribution in [0.2, 0.25) is 5.02 Å². The number of thiazole rings is 1. The molecule has 0 saturated carbocycles. The normalized spacial score (nSPS) is 17.8. The molecule has 1 aliphatic heterocycles. The quantitative estimate of drug-likeness (QED) is 0.666. The molecule has 0 spiro atoms. The predicted molar refractivity (Wildman–Crippen MR) is 104 cm³/mol. The fourth-order valence-corrected chi connectivity index (χ4v) is 4.54. The molecule has 1 fully saturated rings. The van der Waals surface area contributed by atoms with Crippen LogP contribution in [0.15, 0.2) is 35.8 Å². The van der Waals surface area contributed by atoms with Gasteiger partial charge in [-0.2, -0.15) is 0 Å². The molecule has 0 N–H and O–H groups in total. The van der Waals surface area contributed by atoms with Gasteiger partial charge in [-0.3, -0.25) is 9.20 Å². The van der Waals surface area contributed by atoms with Gasteiger partial charge in [0.1, 0.15) is 5.69 Å². The van der Waals surface area contributed by atoms with Crippen molar-refractivity contribution in [1.82, 2.24) is 14.3 Å². The zero-order valence-corrected chi connectivity index (χ0v) is 16.1. The van der Waals surface area contributed by atoms with Crippen LogP contribution in [0.1, 0.15) is 29.8 Å². The van der Waals surface area contributed by atoms with Gasteiger partial charge >= 0.3 is 0 Å². The molecular formula is C19H20ClN3O2S. The molecule has 1 aromatic carbocycles. The Hall–Kier alpha value is -1.89. The Kier molecular flexibility index (Phi) is 4.98. The number of halogens is 1. The highest BCUT2D eigenvalue weighted by Crippen LogP contribution is 2.27. The van der Waals surface area contributed by atoms with E-state index in [1.807, 2.05) is 45.1 Å². The number of benzene rings is 1. The maximum Gasteiger partial charge on any atom is 0.272 e. The van der Waals surface area contributed by atoms with Crippen molar-refractivity contribution in [3.05, 3.63) is 46.6 Å². The first-order valence-electron chi connectivity index (χ1n) is 8.70. The van der Waals surface area contributed by atoms with E-state index in [1.165, 1.54) is 11.3 Å². The first-order chi connectivity index (χ1) is 12.7. The van der Waals surface area contributed by atoms with Gasteiger partial charge in [0, 0.05) is 35.8 Å². The number of hydrogen-bond donors (Lipinski definition) is 0. The predicted octanol–water partition coefficient (Wildman–Crippen LogP) is 4.36. The van der Waals surface area contributed by atoms with Gasteiger partial charge in [0.25, 0.3) is 5.91 Å². The van der Waals surface area contributed by atoms with Crippen LogP contribution in [0.5, 0.6) is 0 Å². The summed E-state index contributed by atoms with van der Waals surface area (Å²) in [5, 5.41) is 2.57. The summed E-state index contributed by atoms with van der Waals surface area (Å²) in [7, 11) is 1.69. The highest BCUT2D eigenvalue weighted by molar-refractivity contribution is 7.15. The number of ether oxygens (including phenoxy) is 1. The third-order valence-electron chi connectivity index (χ3n) is 4.80. The first-order valence-corrected chi connectivity index (χ1v) is 9.95. The van der Waals surface area contributed by atoms with Crippen LogP contribution < -0.4 is 0 Å². The molecule has 5 nitrogen and oxygen atoms in total. The summed E-state index contributed by atoms with van der Waals surface area (Å²) in [6.07, 6.45) is 5.09. The summed E-state index contributed by atoms with van der Waals surface area (Å²) < 4.78 is 7.21. The molecule has 7 heteroatoms. The average molecular weight is 390 g/mol. The number of carbonyl (C=O) groups is 1. The number of piperidine rings is 1. The van der Waals surface area contributed by atoms with Crippen LogP contribution in [-0.4, -0.2) is 46.5 Å². The lowest BCUT2D eigenvalue weighted by Gasteiger charge is -2.35. The number of nitrogens with zero attached hydrogens (tertiary/aromatic N) is 3. The van der Waals surface area contributed by atoms with Crippen LogP contribution in [-0.2, 0) is 4.74 Å². The molecule has 26 heavy (non-hydrogen) atoms. The molecule has 0 bridgehead atoms. The van der Waals surface area contributed by atoms with E-state index < -0.39 is 0 Å². The van der Waals surface area contributed by atoms with E-state index in [0.29, 0.717) is 17.3 Å². The molecule has 1 saturated heterocycles. The average Bonchev–Trinajstić information content (AvgIpc) is 3.22. The van der Waals surface area contributed by atoms with E-state index in [1.54, 1.807) is 7.11 Å². The number of imidazole rings is 1. The lowest BCUT2D eigenvalue weighted by atomic mass is 10.0. The topological polar surface area (TPSA) is 46.8 Å². The first kappa shape index (κ1) is 17.5. The van der Waals surface area contributed by atoms with Crippen molar-refractivity contribution < 1.29 is 9.53 Å². The molecule has 1 aliphatic rings. The van der Waals surface area contributed by atoms with Crippen molar-refractivity contribution in [2.45, 2.75) is 25.3 Å². The third kappa shape index (κ3) is 3.24. The molecule has 0 aliphatic carbocycles. The van der Waals surface area contributed by atoms with Crippen LogP contribution in [0, 0.1) is 0 Å². The maximum absolute atomic E-state index is 13.2. The number of methoxy groups -OCH3 is 1. The fraction of sp³-hybridized carbons (Fsp3) is 0.368. The Labute approximate surface area is 161 Å². The zero-order valence-electron chi connectivity index (χ0n) is 14.5. The van der Waals surface area contributed by atoms with Crippen molar-refractivity contribution in [3.63, 3.8) is 0 Å². The van der Waals surface area contributed by atoms with Crippen molar-refractivity contribution >= 4 is 33.8 Å². The Balaban J connectivity index is 1.67. The SMILES string of the molecule is COC[C@H]1CCCCN1C(=O)c1csc2nc(-c3cccc(Cl)c3)cn12. The monoisotopic (exact) mass is 389 g/mol. The largest absolute Gasteiger partial charge is 0.383 e. The van der Waals surface area contributed by atoms with E-state index in [-0.39, 0.29) is 11.9 Å². The van der Waals surface area contributed by atoms with E-state index in [0.717, 1.165) is 42.0 Å². The fourth-order valence-electron chi connectivity index (χ4n) is 3.51. The standard InChI is InChI=1S/C19H20ClN3O2S/c1-25-11-15-7-2-3-8-22(15)18(24)17-12-26-19-21-16(10-23(17)19)13-5-4-6-14(20)9-13/h4-6,9-10,12,15H,2-3,7-8,11H2,1H3/t15-/m1/s1. The molecule has 1 atom stereocenters. The second-order valence-electron chi connectivity index (χ2n) is 6.51. The highest BCUT2D eigenvalue weighted by atomic mass is 35.5. The van der Waals surface area contributed by atoms with E-state index in [4.69, 9.17) is 16.3 Å². The van der Waals surface area contributed by atoms with Gasteiger partial charge in [-0.05, 0) is 31.4 Å². The molecular weight excluding hydrogens is 370 g/mol. The Morgan fingerprint density at radius 1 is 1.42 bits per heavy atom. The molecule has 3 heterocycles. The lowest BCUT2D eigenvalue weighted by molar-refractivity contribution is 0.0422. The number of aromatic nitrogens is 2. The van der Waals surface area contributed by atoms with Crippen LogP contribution in [0.4, 0.5) is 0 Å². The molecule has 0 radical (unpaired) electrons. The zero-order chi connectivity index (χ0) is 18.1. The summed E-state index contributed by atoms with van der Waals surface area (Å²) in [5.41, 5.74) is 2.43. The van der Waals surface area contributed by atoms with Gasteiger partial charge < -0.3 is 9.64 Å². The van der Waals surface area contributed by atoms with Crippen LogP contribution in [0.25, 0.3) is 16.2 Å². The van der Waals surface area contributed by atoms with Crippen molar-refractivity contribution in [1.29, 1.82) is 0 Å². The molecule has 4 rings (SSSR count). The summed E-state index contributed by atoms with van der Waals surface area (Å²) >= 11 is 7.57. The number of hydrogen-bond acceptors (Lipinski definition) is 4. The highest BCUT2D eigenvalue weighted by Gasteiger charge is 2.29. The molecule has 0 unspecified atom stereocenters. The number of carbonyl (C=O) groups excluding carboxylic acids is 1. The molecule has 136 valence electrons. The number of likely N-dealkylation sites (tertiary alicyclic amines) is 1. The summed E-state index contributed by atoms with van der Waals surface area (Å²) in [6.45, 7) is 1.36. The van der Waals surface area contributed by atoms with Gasteiger partial charge in [-0.1, -0.05) is 23.7 Å². The van der Waals surface area contributed by atoms with Gasteiger partial charge in [-0.15, -0.1) is 11.3 Å². The number of amides is 1. The van der Waals surface area contributed by atoms with Gasteiger partial charge in [0.15, 0.2) is 4.96 Å². The van der Waals surface area contributed by atoms with Gasteiger partial charge in [0.2, 0.25) is 0 Å². The Bertz CT molecular complexity index is 934. The van der Waals surface area contributed by atoms with Gasteiger partial charge in [0.05, 0.1) is 18.3 Å². The summed E-state index contributed by atoms with van der Waals surface area (Å²) in [4.78, 5) is 20.6. The molecule has 3 aromatic rings. The second kappa shape index (κ2) is 7.39. The van der Waals surface area contributed by atoms with Crippen molar-refractivity contribution in [2.24, 2.45) is 0 Å². The van der Waals surface area contributed by atoms with Gasteiger partial charge in [-0.25, -0.2) is 4.98 Å². The maximum atomic E-state index is 13.2. The van der Waals surface area contributed by atoms with E-state index in [9.17, 15) is 4.79 Å². The Morgan fingerprint density at radius 2 is 2.31 bits per heavy atom. The second-order valence-corrected chi connectivity index (χ2v) is 7.79. The minimum absolute atomic E-state index is 0.0491. The minimum atomic E-state index is 0.0491. The van der Waals surface area contributed by atoms with E-state index in [2.05, 4.69) is 4.98 Å². The van der Waals surface area contributed by atoms with Crippen molar-refractivity contribution in [3.8, 4) is 11.3 Å². The van der Waals surface area contributed by atoms with Crippen LogP contribution >= 0.6 is 22.9 Å². The summed E-state index contributed by atoms with van der Waals surface area (Å²) in [5.74, 6) is 0.0491. The van der Waals surface area contributed by atoms with E-state index >= 15 is 0 Å². The van der Waals surface area contributed by atoms with Crippen LogP contribution in [0.3, 0.4) is 0 Å². The Morgan fingerprint density at radius 3 is 3.12 bits per heavy atom. The summed E-state index contributed by atoms with van der Waals surface area (Å²) in [6, 6.07) is 7.74. The molecule has 2 aromatic heterocycles. The number of rotatable bonds is 4. The minimum Gasteiger partial charge on any atom is -0.383 e. The lowest BCUT2D eigenvalue weighted by Crippen LogP contribution is -2.46. The third-order valence-corrected chi connectivity index (χ3v) is 5.87. The van der Waals surface area contributed by atoms with Crippen molar-refractivity contribution in [2.75, 3.05) is 20.3 Å².